The first kappa shape index (κ1) is 22.2. The lowest BCUT2D eigenvalue weighted by Gasteiger charge is -2.32. The van der Waals surface area contributed by atoms with Crippen molar-refractivity contribution in [3.8, 4) is 0 Å². The highest BCUT2D eigenvalue weighted by atomic mass is 15.1. The van der Waals surface area contributed by atoms with Crippen LogP contribution in [0, 0.1) is 12.8 Å². The molecule has 4 aromatic rings. The van der Waals surface area contributed by atoms with Crippen molar-refractivity contribution in [2.75, 3.05) is 19.6 Å². The fraction of sp³-hybridized carbons (Fsp3) is 0.419. The number of aromatic nitrogens is 1. The summed E-state index contributed by atoms with van der Waals surface area (Å²) in [6.45, 7) is 7.13. The molecule has 0 radical (unpaired) electrons. The summed E-state index contributed by atoms with van der Waals surface area (Å²) in [5.41, 5.74) is 5.62. The Bertz CT molecular complexity index is 1110. The standard InChI is InChI=1S/C31H38N2/c1-25-15-17-26(18-16-25)9-8-10-27-19-23-32(24-20-27)21-6-7-22-33-30-13-4-2-11-28(30)29-12-3-5-14-31(29)33/h2-5,11-18,27H,6-10,19-24H2,1H3. The molecule has 1 aromatic heterocycles. The average Bonchev–Trinajstić information content (AvgIpc) is 3.18. The zero-order valence-corrected chi connectivity index (χ0v) is 20.2. The molecule has 0 N–H and O–H groups in total. The smallest absolute Gasteiger partial charge is 0.0491 e. The van der Waals surface area contributed by atoms with E-state index in [1.165, 1.54) is 97.5 Å². The van der Waals surface area contributed by atoms with Crippen LogP contribution in [0.5, 0.6) is 0 Å². The number of aryl methyl sites for hydroxylation is 3. The zero-order chi connectivity index (χ0) is 22.5. The van der Waals surface area contributed by atoms with Gasteiger partial charge in [-0.05, 0) is 88.7 Å². The molecule has 2 heteroatoms. The van der Waals surface area contributed by atoms with E-state index in [1.54, 1.807) is 0 Å². The predicted octanol–water partition coefficient (Wildman–Crippen LogP) is 7.62. The third-order valence-electron chi connectivity index (χ3n) is 7.69. The highest BCUT2D eigenvalue weighted by molar-refractivity contribution is 6.07. The van der Waals surface area contributed by atoms with E-state index in [-0.39, 0.29) is 0 Å². The number of piperidine rings is 1. The van der Waals surface area contributed by atoms with Crippen LogP contribution in [-0.2, 0) is 13.0 Å². The quantitative estimate of drug-likeness (QED) is 0.244. The molecule has 0 unspecified atom stereocenters. The first-order valence-electron chi connectivity index (χ1n) is 13.0. The van der Waals surface area contributed by atoms with Gasteiger partial charge in [0, 0.05) is 28.4 Å². The summed E-state index contributed by atoms with van der Waals surface area (Å²) in [6, 6.07) is 26.8. The summed E-state index contributed by atoms with van der Waals surface area (Å²) in [4.78, 5) is 2.71. The van der Waals surface area contributed by atoms with Crippen molar-refractivity contribution < 1.29 is 0 Å². The molecule has 1 aliphatic heterocycles. The number of rotatable bonds is 9. The maximum atomic E-state index is 2.71. The second kappa shape index (κ2) is 10.6. The average molecular weight is 439 g/mol. The van der Waals surface area contributed by atoms with Gasteiger partial charge in [-0.1, -0.05) is 72.6 Å². The topological polar surface area (TPSA) is 8.17 Å². The largest absolute Gasteiger partial charge is 0.340 e. The third-order valence-corrected chi connectivity index (χ3v) is 7.69. The van der Waals surface area contributed by atoms with Gasteiger partial charge in [-0.3, -0.25) is 0 Å². The van der Waals surface area contributed by atoms with Gasteiger partial charge in [0.05, 0.1) is 0 Å². The number of fused-ring (bicyclic) bond motifs is 3. The van der Waals surface area contributed by atoms with E-state index in [2.05, 4.69) is 89.2 Å². The van der Waals surface area contributed by atoms with Crippen molar-refractivity contribution in [3.05, 3.63) is 83.9 Å². The predicted molar refractivity (Wildman–Crippen MR) is 142 cm³/mol. The van der Waals surface area contributed by atoms with Gasteiger partial charge < -0.3 is 9.47 Å². The number of likely N-dealkylation sites (tertiary alicyclic amines) is 1. The minimum absolute atomic E-state index is 0.935. The van der Waals surface area contributed by atoms with Crippen LogP contribution in [-0.4, -0.2) is 29.1 Å². The van der Waals surface area contributed by atoms with E-state index >= 15 is 0 Å². The van der Waals surface area contributed by atoms with Crippen LogP contribution in [0.25, 0.3) is 21.8 Å². The van der Waals surface area contributed by atoms with Crippen LogP contribution < -0.4 is 0 Å². The number of unbranched alkanes of at least 4 members (excludes halogenated alkanes) is 1. The monoisotopic (exact) mass is 438 g/mol. The lowest BCUT2D eigenvalue weighted by molar-refractivity contribution is 0.174. The van der Waals surface area contributed by atoms with Crippen molar-refractivity contribution in [1.29, 1.82) is 0 Å². The number of benzene rings is 3. The molecule has 172 valence electrons. The number of hydrogen-bond acceptors (Lipinski definition) is 1. The molecule has 2 nitrogen and oxygen atoms in total. The van der Waals surface area contributed by atoms with Crippen LogP contribution in [0.3, 0.4) is 0 Å². The molecule has 33 heavy (non-hydrogen) atoms. The van der Waals surface area contributed by atoms with Gasteiger partial charge in [-0.2, -0.15) is 0 Å². The van der Waals surface area contributed by atoms with E-state index < -0.39 is 0 Å². The highest BCUT2D eigenvalue weighted by Crippen LogP contribution is 2.29. The molecule has 1 saturated heterocycles. The second-order valence-electron chi connectivity index (χ2n) is 10.1. The van der Waals surface area contributed by atoms with Crippen molar-refractivity contribution >= 4 is 21.8 Å². The maximum absolute atomic E-state index is 2.71. The van der Waals surface area contributed by atoms with Gasteiger partial charge in [0.25, 0.3) is 0 Å². The molecule has 3 aromatic carbocycles. The van der Waals surface area contributed by atoms with Crippen molar-refractivity contribution in [2.24, 2.45) is 5.92 Å². The Morgan fingerprint density at radius 1 is 0.697 bits per heavy atom. The van der Waals surface area contributed by atoms with Crippen LogP contribution in [0.2, 0.25) is 0 Å². The van der Waals surface area contributed by atoms with Gasteiger partial charge >= 0.3 is 0 Å². The third kappa shape index (κ3) is 5.33. The summed E-state index contributed by atoms with van der Waals surface area (Å²) in [7, 11) is 0. The molecule has 0 amide bonds. The van der Waals surface area contributed by atoms with Gasteiger partial charge in [0.2, 0.25) is 0 Å². The van der Waals surface area contributed by atoms with Crippen molar-refractivity contribution in [3.63, 3.8) is 0 Å². The Balaban J connectivity index is 1.04. The molecule has 0 bridgehead atoms. The van der Waals surface area contributed by atoms with E-state index in [0.29, 0.717) is 0 Å². The Morgan fingerprint density at radius 3 is 1.97 bits per heavy atom. The maximum Gasteiger partial charge on any atom is 0.0491 e. The van der Waals surface area contributed by atoms with Crippen molar-refractivity contribution in [2.45, 2.75) is 58.4 Å². The van der Waals surface area contributed by atoms with E-state index in [4.69, 9.17) is 0 Å². The molecular weight excluding hydrogens is 400 g/mol. The molecule has 0 atom stereocenters. The second-order valence-corrected chi connectivity index (χ2v) is 10.1. The molecule has 0 saturated carbocycles. The van der Waals surface area contributed by atoms with Crippen LogP contribution in [0.4, 0.5) is 0 Å². The van der Waals surface area contributed by atoms with E-state index in [1.807, 2.05) is 0 Å². The minimum Gasteiger partial charge on any atom is -0.340 e. The Labute approximate surface area is 199 Å². The summed E-state index contributed by atoms with van der Waals surface area (Å²) in [5, 5.41) is 2.77. The first-order valence-corrected chi connectivity index (χ1v) is 13.0. The molecule has 1 fully saturated rings. The van der Waals surface area contributed by atoms with Crippen molar-refractivity contribution in [1.82, 2.24) is 9.47 Å². The first-order chi connectivity index (χ1) is 16.3. The SMILES string of the molecule is Cc1ccc(CCCC2CCN(CCCCn3c4ccccc4c4ccccc43)CC2)cc1. The van der Waals surface area contributed by atoms with Gasteiger partial charge in [-0.25, -0.2) is 0 Å². The molecule has 1 aliphatic rings. The summed E-state index contributed by atoms with van der Waals surface area (Å²) < 4.78 is 2.53. The van der Waals surface area contributed by atoms with Crippen LogP contribution in [0.15, 0.2) is 72.8 Å². The Morgan fingerprint density at radius 2 is 1.30 bits per heavy atom. The lowest BCUT2D eigenvalue weighted by Crippen LogP contribution is -2.34. The van der Waals surface area contributed by atoms with Crippen LogP contribution in [0.1, 0.15) is 49.7 Å². The summed E-state index contributed by atoms with van der Waals surface area (Å²) in [6.07, 6.45) is 9.30. The fourth-order valence-electron chi connectivity index (χ4n) is 5.70. The van der Waals surface area contributed by atoms with E-state index in [0.717, 1.165) is 12.5 Å². The van der Waals surface area contributed by atoms with Gasteiger partial charge in [0.1, 0.15) is 0 Å². The molecule has 5 rings (SSSR count). The highest BCUT2D eigenvalue weighted by Gasteiger charge is 2.18. The Kier molecular flexibility index (Phi) is 7.12. The van der Waals surface area contributed by atoms with Gasteiger partial charge in [0.15, 0.2) is 0 Å². The molecule has 0 aliphatic carbocycles. The number of hydrogen-bond donors (Lipinski definition) is 0. The Hall–Kier alpha value is -2.58. The fourth-order valence-corrected chi connectivity index (χ4v) is 5.70. The number of para-hydroxylation sites is 2. The lowest BCUT2D eigenvalue weighted by atomic mass is 9.90. The molecule has 2 heterocycles. The molecular formula is C31H38N2. The zero-order valence-electron chi connectivity index (χ0n) is 20.2. The minimum atomic E-state index is 0.935. The normalized spacial score (nSPS) is 15.5. The summed E-state index contributed by atoms with van der Waals surface area (Å²) >= 11 is 0. The molecule has 0 spiro atoms. The van der Waals surface area contributed by atoms with Crippen LogP contribution >= 0.6 is 0 Å². The summed E-state index contributed by atoms with van der Waals surface area (Å²) in [5.74, 6) is 0.935. The number of nitrogens with zero attached hydrogens (tertiary/aromatic N) is 2. The van der Waals surface area contributed by atoms with E-state index in [9.17, 15) is 0 Å². The van der Waals surface area contributed by atoms with Gasteiger partial charge in [-0.15, -0.1) is 0 Å².